The van der Waals surface area contributed by atoms with Gasteiger partial charge in [-0.05, 0) is 43.8 Å². The van der Waals surface area contributed by atoms with Crippen LogP contribution in [0.25, 0.3) is 0 Å². The van der Waals surface area contributed by atoms with Crippen LogP contribution in [0, 0.1) is 6.92 Å². The number of ether oxygens (including phenoxy) is 1. The summed E-state index contributed by atoms with van der Waals surface area (Å²) in [5.41, 5.74) is 0.902. The molecule has 2 rings (SSSR count). The first-order valence-corrected chi connectivity index (χ1v) is 9.39. The third-order valence-electron chi connectivity index (χ3n) is 3.28. The number of carbonyl (C=O) groups excluding carboxylic acids is 1. The maximum Gasteiger partial charge on any atom is 0.262 e. The summed E-state index contributed by atoms with van der Waals surface area (Å²) in [4.78, 5) is 12.1. The van der Waals surface area contributed by atoms with Gasteiger partial charge < -0.3 is 10.1 Å². The molecule has 0 aromatic heterocycles. The minimum Gasteiger partial charge on any atom is -0.482 e. The first-order chi connectivity index (χ1) is 11.7. The van der Waals surface area contributed by atoms with Gasteiger partial charge in [0.15, 0.2) is 6.61 Å². The molecule has 0 aliphatic rings. The molecule has 0 aliphatic heterocycles. The largest absolute Gasteiger partial charge is 0.482 e. The molecule has 0 spiro atoms. The lowest BCUT2D eigenvalue weighted by Gasteiger charge is -2.11. The van der Waals surface area contributed by atoms with Gasteiger partial charge in [-0.3, -0.25) is 4.79 Å². The van der Waals surface area contributed by atoms with Crippen LogP contribution >= 0.6 is 23.2 Å². The topological polar surface area (TPSA) is 84.5 Å². The van der Waals surface area contributed by atoms with E-state index in [2.05, 4.69) is 10.0 Å². The zero-order valence-corrected chi connectivity index (χ0v) is 15.8. The Hall–Kier alpha value is -1.80. The van der Waals surface area contributed by atoms with E-state index in [1.807, 2.05) is 0 Å². The Balaban J connectivity index is 2.08. The van der Waals surface area contributed by atoms with Crippen LogP contribution in [0.2, 0.25) is 10.0 Å². The van der Waals surface area contributed by atoms with Crippen LogP contribution in [0.4, 0.5) is 5.69 Å². The molecule has 25 heavy (non-hydrogen) atoms. The molecule has 1 amide bonds. The molecule has 2 N–H and O–H groups in total. The summed E-state index contributed by atoms with van der Waals surface area (Å²) >= 11 is 11.8. The van der Waals surface area contributed by atoms with Crippen LogP contribution in [0.5, 0.6) is 5.75 Å². The molecular formula is C16H16Cl2N2O4S. The van der Waals surface area contributed by atoms with Gasteiger partial charge in [0, 0.05) is 16.8 Å². The zero-order chi connectivity index (χ0) is 18.6. The van der Waals surface area contributed by atoms with Crippen LogP contribution < -0.4 is 14.8 Å². The lowest BCUT2D eigenvalue weighted by Crippen LogP contribution is -2.22. The summed E-state index contributed by atoms with van der Waals surface area (Å²) in [6, 6.07) is 9.26. The summed E-state index contributed by atoms with van der Waals surface area (Å²) in [5, 5.41) is 3.34. The zero-order valence-electron chi connectivity index (χ0n) is 13.5. The molecule has 0 fully saturated rings. The normalized spacial score (nSPS) is 11.2. The predicted molar refractivity (Wildman–Crippen MR) is 98.0 cm³/mol. The van der Waals surface area contributed by atoms with Gasteiger partial charge in [0.2, 0.25) is 10.0 Å². The molecule has 0 unspecified atom stereocenters. The van der Waals surface area contributed by atoms with Gasteiger partial charge in [0.05, 0.1) is 9.92 Å². The minimum atomic E-state index is -3.62. The molecule has 2 aromatic rings. The Labute approximate surface area is 156 Å². The van der Waals surface area contributed by atoms with Crippen molar-refractivity contribution in [3.05, 3.63) is 52.0 Å². The molecule has 2 aromatic carbocycles. The smallest absolute Gasteiger partial charge is 0.262 e. The number of aryl methyl sites for hydroxylation is 1. The molecule has 6 nitrogen and oxygen atoms in total. The van der Waals surface area contributed by atoms with Crippen molar-refractivity contribution in [2.24, 2.45) is 0 Å². The van der Waals surface area contributed by atoms with Gasteiger partial charge in [0.1, 0.15) is 5.75 Å². The fourth-order valence-electron chi connectivity index (χ4n) is 2.01. The van der Waals surface area contributed by atoms with E-state index in [1.54, 1.807) is 31.2 Å². The summed E-state index contributed by atoms with van der Waals surface area (Å²) in [6.45, 7) is 1.36. The Bertz CT molecular complexity index is 901. The Morgan fingerprint density at radius 3 is 2.56 bits per heavy atom. The highest BCUT2D eigenvalue weighted by molar-refractivity contribution is 7.89. The number of nitrogens with one attached hydrogen (secondary N) is 2. The van der Waals surface area contributed by atoms with E-state index in [0.29, 0.717) is 21.3 Å². The first-order valence-electron chi connectivity index (χ1n) is 7.15. The van der Waals surface area contributed by atoms with Crippen molar-refractivity contribution >= 4 is 44.8 Å². The fourth-order valence-corrected chi connectivity index (χ4v) is 3.33. The molecule has 9 heteroatoms. The van der Waals surface area contributed by atoms with Crippen molar-refractivity contribution in [3.8, 4) is 5.75 Å². The lowest BCUT2D eigenvalue weighted by molar-refractivity contribution is -0.118. The van der Waals surface area contributed by atoms with Crippen molar-refractivity contribution in [1.82, 2.24) is 4.72 Å². The van der Waals surface area contributed by atoms with Gasteiger partial charge in [0.25, 0.3) is 5.91 Å². The second-order valence-corrected chi connectivity index (χ2v) is 7.80. The molecule has 134 valence electrons. The van der Waals surface area contributed by atoms with Crippen LogP contribution in [0.15, 0.2) is 41.3 Å². The van der Waals surface area contributed by atoms with E-state index in [4.69, 9.17) is 27.9 Å². The number of carbonyl (C=O) groups is 1. The Morgan fingerprint density at radius 1 is 1.16 bits per heavy atom. The Kier molecular flexibility index (Phi) is 6.29. The van der Waals surface area contributed by atoms with E-state index in [9.17, 15) is 13.2 Å². The van der Waals surface area contributed by atoms with Crippen LogP contribution in [0.1, 0.15) is 5.56 Å². The highest BCUT2D eigenvalue weighted by Crippen LogP contribution is 2.27. The number of hydrogen-bond acceptors (Lipinski definition) is 4. The predicted octanol–water partition coefficient (Wildman–Crippen LogP) is 3.23. The molecule has 0 bridgehead atoms. The van der Waals surface area contributed by atoms with Crippen molar-refractivity contribution < 1.29 is 17.9 Å². The molecule has 0 heterocycles. The first kappa shape index (κ1) is 19.5. The van der Waals surface area contributed by atoms with E-state index >= 15 is 0 Å². The third kappa shape index (κ3) is 5.09. The summed E-state index contributed by atoms with van der Waals surface area (Å²) in [7, 11) is -2.30. The number of sulfonamides is 1. The van der Waals surface area contributed by atoms with Gasteiger partial charge in [-0.15, -0.1) is 0 Å². The highest BCUT2D eigenvalue weighted by Gasteiger charge is 2.16. The quantitative estimate of drug-likeness (QED) is 0.776. The van der Waals surface area contributed by atoms with Gasteiger partial charge in [-0.25, -0.2) is 13.1 Å². The number of rotatable bonds is 6. The van der Waals surface area contributed by atoms with Gasteiger partial charge in [-0.1, -0.05) is 29.3 Å². The Morgan fingerprint density at radius 2 is 1.88 bits per heavy atom. The molecular weight excluding hydrogens is 387 g/mol. The molecule has 0 aliphatic carbocycles. The van der Waals surface area contributed by atoms with Crippen LogP contribution in [0.3, 0.4) is 0 Å². The number of halogens is 2. The van der Waals surface area contributed by atoms with Crippen LogP contribution in [-0.4, -0.2) is 28.0 Å². The maximum absolute atomic E-state index is 12.0. The summed E-state index contributed by atoms with van der Waals surface area (Å²) < 4.78 is 31.5. The van der Waals surface area contributed by atoms with Crippen molar-refractivity contribution in [2.75, 3.05) is 19.0 Å². The second-order valence-electron chi connectivity index (χ2n) is 5.10. The third-order valence-corrected chi connectivity index (χ3v) is 5.39. The monoisotopic (exact) mass is 402 g/mol. The second kappa shape index (κ2) is 8.05. The standard InChI is InChI=1S/C16H16Cl2N2O4S/c1-10-3-5-12(8-15(10)25(22,23)19-2)20-16(21)9-24-14-7-11(17)4-6-13(14)18/h3-8,19H,9H2,1-2H3,(H,20,21). The molecule has 0 saturated carbocycles. The van der Waals surface area contributed by atoms with E-state index < -0.39 is 15.9 Å². The van der Waals surface area contributed by atoms with E-state index in [1.165, 1.54) is 19.2 Å². The number of hydrogen-bond donors (Lipinski definition) is 2. The van der Waals surface area contributed by atoms with Crippen molar-refractivity contribution in [2.45, 2.75) is 11.8 Å². The van der Waals surface area contributed by atoms with E-state index in [-0.39, 0.29) is 17.3 Å². The number of amides is 1. The molecule has 0 atom stereocenters. The molecule has 0 radical (unpaired) electrons. The van der Waals surface area contributed by atoms with Gasteiger partial charge in [-0.2, -0.15) is 0 Å². The van der Waals surface area contributed by atoms with E-state index in [0.717, 1.165) is 0 Å². The molecule has 0 saturated heterocycles. The number of benzene rings is 2. The van der Waals surface area contributed by atoms with Crippen molar-refractivity contribution in [3.63, 3.8) is 0 Å². The summed E-state index contributed by atoms with van der Waals surface area (Å²) in [6.07, 6.45) is 0. The average molecular weight is 403 g/mol. The van der Waals surface area contributed by atoms with Crippen molar-refractivity contribution in [1.29, 1.82) is 0 Å². The van der Waals surface area contributed by atoms with Crippen LogP contribution in [-0.2, 0) is 14.8 Å². The fraction of sp³-hybridized carbons (Fsp3) is 0.188. The maximum atomic E-state index is 12.0. The minimum absolute atomic E-state index is 0.0894. The van der Waals surface area contributed by atoms with Gasteiger partial charge >= 0.3 is 0 Å². The number of anilines is 1. The average Bonchev–Trinajstić information content (AvgIpc) is 2.57. The summed E-state index contributed by atoms with van der Waals surface area (Å²) in [5.74, 6) is -0.181. The highest BCUT2D eigenvalue weighted by atomic mass is 35.5. The lowest BCUT2D eigenvalue weighted by atomic mass is 10.2. The SMILES string of the molecule is CNS(=O)(=O)c1cc(NC(=O)COc2cc(Cl)ccc2Cl)ccc1C.